The van der Waals surface area contributed by atoms with Crippen molar-refractivity contribution in [2.45, 2.75) is 33.1 Å². The van der Waals surface area contributed by atoms with E-state index in [1.165, 1.54) is 0 Å². The van der Waals surface area contributed by atoms with Crippen molar-refractivity contribution in [1.29, 1.82) is 0 Å². The highest BCUT2D eigenvalue weighted by Gasteiger charge is 2.39. The summed E-state index contributed by atoms with van der Waals surface area (Å²) in [4.78, 5) is 47.2. The molecule has 0 bridgehead atoms. The minimum absolute atomic E-state index is 0.0762. The van der Waals surface area contributed by atoms with Gasteiger partial charge in [-0.25, -0.2) is 9.78 Å². The Morgan fingerprint density at radius 3 is 2.31 bits per heavy atom. The van der Waals surface area contributed by atoms with E-state index in [4.69, 9.17) is 4.84 Å². The van der Waals surface area contributed by atoms with Crippen LogP contribution in [0, 0.1) is 5.41 Å². The van der Waals surface area contributed by atoms with E-state index in [1.54, 1.807) is 35.6 Å². The molecule has 1 aliphatic rings. The first kappa shape index (κ1) is 19.3. The van der Waals surface area contributed by atoms with Crippen LogP contribution in [0.1, 0.15) is 52.4 Å². The molecule has 1 unspecified atom stereocenters. The maximum absolute atomic E-state index is 12.6. The van der Waals surface area contributed by atoms with E-state index < -0.39 is 23.2 Å². The van der Waals surface area contributed by atoms with Crippen LogP contribution >= 0.6 is 11.3 Å². The molecule has 1 atom stereocenters. The molecule has 3 aromatic rings. The van der Waals surface area contributed by atoms with Crippen molar-refractivity contribution in [1.82, 2.24) is 10.0 Å². The Kier molecular flexibility index (Phi) is 4.92. The number of imide groups is 1. The molecule has 0 N–H and O–H groups in total. The third-order valence-corrected chi connectivity index (χ3v) is 6.33. The highest BCUT2D eigenvalue weighted by atomic mass is 32.1. The predicted molar refractivity (Wildman–Crippen MR) is 109 cm³/mol. The summed E-state index contributed by atoms with van der Waals surface area (Å²) in [6, 6.07) is 14.3. The van der Waals surface area contributed by atoms with Crippen LogP contribution in [0.15, 0.2) is 48.5 Å². The van der Waals surface area contributed by atoms with Crippen molar-refractivity contribution in [2.24, 2.45) is 5.41 Å². The van der Waals surface area contributed by atoms with Gasteiger partial charge in [0.05, 0.1) is 32.8 Å². The van der Waals surface area contributed by atoms with Gasteiger partial charge in [-0.05, 0) is 36.1 Å². The van der Waals surface area contributed by atoms with E-state index in [0.29, 0.717) is 11.5 Å². The van der Waals surface area contributed by atoms with Gasteiger partial charge in [-0.3, -0.25) is 9.59 Å². The zero-order chi connectivity index (χ0) is 20.6. The summed E-state index contributed by atoms with van der Waals surface area (Å²) in [5, 5.41) is 1.52. The number of rotatable bonds is 6. The summed E-state index contributed by atoms with van der Waals surface area (Å²) in [7, 11) is 0. The summed E-state index contributed by atoms with van der Waals surface area (Å²) in [6.07, 6.45) is 1.41. The number of hydrogen-bond donors (Lipinski definition) is 0. The van der Waals surface area contributed by atoms with Gasteiger partial charge in [0.25, 0.3) is 11.8 Å². The molecule has 0 spiro atoms. The first-order valence-corrected chi connectivity index (χ1v) is 10.2. The second-order valence-electron chi connectivity index (χ2n) is 7.51. The van der Waals surface area contributed by atoms with Crippen LogP contribution in [0.5, 0.6) is 0 Å². The average molecular weight is 408 g/mol. The van der Waals surface area contributed by atoms with Gasteiger partial charge in [-0.15, -0.1) is 11.3 Å². The number of aromatic nitrogens is 1. The molecule has 0 saturated carbocycles. The van der Waals surface area contributed by atoms with Crippen molar-refractivity contribution in [3.8, 4) is 0 Å². The second-order valence-corrected chi connectivity index (χ2v) is 8.62. The maximum Gasteiger partial charge on any atom is 0.333 e. The summed E-state index contributed by atoms with van der Waals surface area (Å²) in [5.74, 6) is -1.82. The van der Waals surface area contributed by atoms with E-state index in [1.807, 2.05) is 38.1 Å². The lowest BCUT2D eigenvalue weighted by Crippen LogP contribution is -2.35. The Morgan fingerprint density at radius 1 is 1.07 bits per heavy atom. The van der Waals surface area contributed by atoms with Crippen molar-refractivity contribution >= 4 is 39.3 Å². The molecule has 0 fully saturated rings. The summed E-state index contributed by atoms with van der Waals surface area (Å²) < 4.78 is 1.11. The molecule has 1 aromatic heterocycles. The summed E-state index contributed by atoms with van der Waals surface area (Å²) in [6.45, 7) is 3.99. The van der Waals surface area contributed by atoms with Crippen LogP contribution in [0.4, 0.5) is 0 Å². The van der Waals surface area contributed by atoms with Gasteiger partial charge in [0, 0.05) is 6.42 Å². The molecule has 4 rings (SSSR count). The number of fused-ring (bicyclic) bond motifs is 2. The van der Waals surface area contributed by atoms with Gasteiger partial charge < -0.3 is 4.84 Å². The summed E-state index contributed by atoms with van der Waals surface area (Å²) >= 11 is 1.61. The van der Waals surface area contributed by atoms with Crippen molar-refractivity contribution in [3.05, 3.63) is 64.7 Å². The molecule has 2 heterocycles. The third kappa shape index (κ3) is 3.65. The monoisotopic (exact) mass is 408 g/mol. The topological polar surface area (TPSA) is 76.6 Å². The van der Waals surface area contributed by atoms with Crippen LogP contribution < -0.4 is 0 Å². The Bertz CT molecular complexity index is 1050. The zero-order valence-corrected chi connectivity index (χ0v) is 17.0. The van der Waals surface area contributed by atoms with E-state index in [-0.39, 0.29) is 17.5 Å². The molecule has 7 heteroatoms. The molecular weight excluding hydrogens is 388 g/mol. The third-order valence-electron chi connectivity index (χ3n) is 5.29. The molecule has 6 nitrogen and oxygen atoms in total. The smallest absolute Gasteiger partial charge is 0.330 e. The van der Waals surface area contributed by atoms with Crippen LogP contribution in [-0.2, 0) is 16.1 Å². The lowest BCUT2D eigenvalue weighted by Gasteiger charge is -2.26. The van der Waals surface area contributed by atoms with Crippen LogP contribution in [-0.4, -0.2) is 27.8 Å². The zero-order valence-electron chi connectivity index (χ0n) is 16.2. The fraction of sp³-hybridized carbons (Fsp3) is 0.273. The lowest BCUT2D eigenvalue weighted by atomic mass is 9.81. The van der Waals surface area contributed by atoms with Gasteiger partial charge in [0.1, 0.15) is 0 Å². The Labute approximate surface area is 172 Å². The number of hydroxylamine groups is 2. The number of carbonyl (C=O) groups is 3. The largest absolute Gasteiger partial charge is 0.333 e. The van der Waals surface area contributed by atoms with Gasteiger partial charge >= 0.3 is 5.97 Å². The molecule has 2 aromatic carbocycles. The van der Waals surface area contributed by atoms with E-state index in [2.05, 4.69) is 4.98 Å². The quantitative estimate of drug-likeness (QED) is 0.565. The van der Waals surface area contributed by atoms with Crippen molar-refractivity contribution in [2.75, 3.05) is 0 Å². The molecule has 0 radical (unpaired) electrons. The fourth-order valence-corrected chi connectivity index (χ4v) is 4.59. The van der Waals surface area contributed by atoms with Gasteiger partial charge in [-0.1, -0.05) is 43.2 Å². The first-order valence-electron chi connectivity index (χ1n) is 9.43. The summed E-state index contributed by atoms with van der Waals surface area (Å²) in [5.41, 5.74) is 1.04. The van der Waals surface area contributed by atoms with Gasteiger partial charge in [0.2, 0.25) is 0 Å². The number of thiazole rings is 1. The molecule has 29 heavy (non-hydrogen) atoms. The highest BCUT2D eigenvalue weighted by molar-refractivity contribution is 7.18. The van der Waals surface area contributed by atoms with Gasteiger partial charge in [0.15, 0.2) is 0 Å². The second kappa shape index (κ2) is 7.40. The molecule has 1 aliphatic heterocycles. The number of amides is 2. The molecule has 148 valence electrons. The van der Waals surface area contributed by atoms with E-state index in [0.717, 1.165) is 21.6 Å². The molecule has 2 amide bonds. The standard InChI is InChI=1S/C22H20N2O4S/c1-3-22(2,12-18-23-16-10-6-7-11-17(16)29-18)13-19(25)28-24-20(26)14-8-4-5-9-15(14)21(24)27/h4-11H,3,12-13H2,1-2H3. The number of hydrogen-bond acceptors (Lipinski definition) is 6. The van der Waals surface area contributed by atoms with Gasteiger partial charge in [-0.2, -0.15) is 0 Å². The Balaban J connectivity index is 1.46. The first-order chi connectivity index (χ1) is 13.9. The minimum atomic E-state index is -0.608. The molecule has 0 saturated heterocycles. The number of nitrogens with zero attached hydrogens (tertiary/aromatic N) is 2. The number of carbonyl (C=O) groups excluding carboxylic acids is 3. The SMILES string of the molecule is CCC(C)(CC(=O)ON1C(=O)c2ccccc2C1=O)Cc1nc2ccccc2s1. The Morgan fingerprint density at radius 2 is 1.69 bits per heavy atom. The average Bonchev–Trinajstić information content (AvgIpc) is 3.22. The van der Waals surface area contributed by atoms with E-state index >= 15 is 0 Å². The Hall–Kier alpha value is -3.06. The van der Waals surface area contributed by atoms with Crippen molar-refractivity contribution < 1.29 is 19.2 Å². The predicted octanol–water partition coefficient (Wildman–Crippen LogP) is 4.40. The lowest BCUT2D eigenvalue weighted by molar-refractivity contribution is -0.171. The van der Waals surface area contributed by atoms with Crippen molar-refractivity contribution in [3.63, 3.8) is 0 Å². The van der Waals surface area contributed by atoms with Crippen LogP contribution in [0.25, 0.3) is 10.2 Å². The number of para-hydroxylation sites is 1. The van der Waals surface area contributed by atoms with Crippen LogP contribution in [0.3, 0.4) is 0 Å². The molecule has 0 aliphatic carbocycles. The van der Waals surface area contributed by atoms with E-state index in [9.17, 15) is 14.4 Å². The fourth-order valence-electron chi connectivity index (χ4n) is 3.41. The normalized spacial score (nSPS) is 15.4. The highest BCUT2D eigenvalue weighted by Crippen LogP contribution is 2.34. The maximum atomic E-state index is 12.6. The van der Waals surface area contributed by atoms with Crippen LogP contribution in [0.2, 0.25) is 0 Å². The minimum Gasteiger partial charge on any atom is -0.330 e. The number of benzene rings is 2. The molecular formula is C22H20N2O4S.